The van der Waals surface area contributed by atoms with Gasteiger partial charge in [0.05, 0.1) is 9.40 Å². The van der Waals surface area contributed by atoms with Crippen molar-refractivity contribution in [2.45, 2.75) is 6.42 Å². The maximum atomic E-state index is 10.5. The summed E-state index contributed by atoms with van der Waals surface area (Å²) in [6, 6.07) is 2.95. The Kier molecular flexibility index (Phi) is 3.43. The molecule has 0 fully saturated rings. The van der Waals surface area contributed by atoms with E-state index >= 15 is 0 Å². The minimum absolute atomic E-state index is 0.303. The number of nitrogens with zero attached hydrogens (tertiary/aromatic N) is 1. The molecule has 0 heterocycles. The van der Waals surface area contributed by atoms with Crippen molar-refractivity contribution in [1.82, 2.24) is 0 Å². The van der Waals surface area contributed by atoms with E-state index in [2.05, 4.69) is 15.9 Å². The molecular weight excluding hydrogens is 252 g/mol. The summed E-state index contributed by atoms with van der Waals surface area (Å²) in [5.74, 6) is -0.351. The van der Waals surface area contributed by atoms with Gasteiger partial charge in [0.2, 0.25) is 5.75 Å². The topological polar surface area (TPSA) is 89.4 Å². The van der Waals surface area contributed by atoms with Crippen molar-refractivity contribution in [3.05, 3.63) is 32.3 Å². The van der Waals surface area contributed by atoms with Gasteiger partial charge in [-0.25, -0.2) is 0 Å². The highest BCUT2D eigenvalue weighted by Crippen LogP contribution is 2.34. The normalized spacial score (nSPS) is 10.1. The molecule has 1 aromatic carbocycles. The van der Waals surface area contributed by atoms with Crippen LogP contribution in [0.3, 0.4) is 0 Å². The molecule has 76 valence electrons. The van der Waals surface area contributed by atoms with Crippen LogP contribution in [0.25, 0.3) is 0 Å². The van der Waals surface area contributed by atoms with Gasteiger partial charge in [-0.2, -0.15) is 0 Å². The number of rotatable bonds is 3. The number of nitro groups is 1. The summed E-state index contributed by atoms with van der Waals surface area (Å²) in [7, 11) is 0. The number of phenolic OH excluding ortho intramolecular Hbond substituents is 1. The van der Waals surface area contributed by atoms with Gasteiger partial charge in [0, 0.05) is 6.07 Å². The zero-order valence-corrected chi connectivity index (χ0v) is 8.82. The summed E-state index contributed by atoms with van der Waals surface area (Å²) in [4.78, 5) is 9.90. The molecule has 0 saturated heterocycles. The maximum absolute atomic E-state index is 10.5. The summed E-state index contributed by atoms with van der Waals surface area (Å²) < 4.78 is 0.315. The molecule has 0 amide bonds. The van der Waals surface area contributed by atoms with Crippen LogP contribution in [0.1, 0.15) is 5.56 Å². The van der Waals surface area contributed by atoms with Crippen molar-refractivity contribution >= 4 is 21.6 Å². The van der Waals surface area contributed by atoms with E-state index in [1.54, 1.807) is 6.07 Å². The molecule has 0 bridgehead atoms. The van der Waals surface area contributed by atoms with Crippen molar-refractivity contribution in [2.75, 3.05) is 6.54 Å². The van der Waals surface area contributed by atoms with Gasteiger partial charge in [0.15, 0.2) is 0 Å². The molecule has 0 aliphatic rings. The van der Waals surface area contributed by atoms with E-state index in [0.717, 1.165) is 5.56 Å². The van der Waals surface area contributed by atoms with Crippen molar-refractivity contribution < 1.29 is 10.0 Å². The van der Waals surface area contributed by atoms with Crippen molar-refractivity contribution in [2.24, 2.45) is 5.73 Å². The molecule has 3 N–H and O–H groups in total. The van der Waals surface area contributed by atoms with Gasteiger partial charge in [-0.3, -0.25) is 10.1 Å². The predicted octanol–water partition coefficient (Wildman–Crippen LogP) is 1.56. The van der Waals surface area contributed by atoms with Gasteiger partial charge in [0.1, 0.15) is 0 Å². The second-order valence-electron chi connectivity index (χ2n) is 2.74. The van der Waals surface area contributed by atoms with Crippen molar-refractivity contribution in [1.29, 1.82) is 0 Å². The van der Waals surface area contributed by atoms with Crippen LogP contribution in [0.2, 0.25) is 0 Å². The van der Waals surface area contributed by atoms with Crippen molar-refractivity contribution in [3.63, 3.8) is 0 Å². The second-order valence-corrected chi connectivity index (χ2v) is 3.60. The fraction of sp³-hybridized carbons (Fsp3) is 0.250. The lowest BCUT2D eigenvalue weighted by atomic mass is 10.1. The van der Waals surface area contributed by atoms with E-state index in [0.29, 0.717) is 17.4 Å². The highest BCUT2D eigenvalue weighted by atomic mass is 79.9. The van der Waals surface area contributed by atoms with Gasteiger partial charge in [-0.15, -0.1) is 0 Å². The van der Waals surface area contributed by atoms with Gasteiger partial charge in [-0.1, -0.05) is 0 Å². The first kappa shape index (κ1) is 10.9. The standard InChI is InChI=1S/C8H9BrN2O3/c9-6-3-5(1-2-10)4-7(8(6)12)11(13)14/h3-4,12H,1-2,10H2. The number of phenols is 1. The molecule has 0 saturated carbocycles. The zero-order chi connectivity index (χ0) is 10.7. The second kappa shape index (κ2) is 4.39. The van der Waals surface area contributed by atoms with E-state index in [-0.39, 0.29) is 11.4 Å². The highest BCUT2D eigenvalue weighted by molar-refractivity contribution is 9.10. The first-order valence-corrected chi connectivity index (χ1v) is 4.71. The number of aromatic hydroxyl groups is 1. The monoisotopic (exact) mass is 260 g/mol. The molecule has 0 unspecified atom stereocenters. The Hall–Kier alpha value is -1.14. The third-order valence-corrected chi connectivity index (χ3v) is 2.34. The Bertz CT molecular complexity index is 368. The van der Waals surface area contributed by atoms with Gasteiger partial charge in [-0.05, 0) is 40.5 Å². The lowest BCUT2D eigenvalue weighted by molar-refractivity contribution is -0.386. The fourth-order valence-electron chi connectivity index (χ4n) is 1.09. The van der Waals surface area contributed by atoms with E-state index < -0.39 is 4.92 Å². The molecule has 0 spiro atoms. The lowest BCUT2D eigenvalue weighted by Crippen LogP contribution is -2.03. The largest absolute Gasteiger partial charge is 0.501 e. The van der Waals surface area contributed by atoms with Crippen LogP contribution < -0.4 is 5.73 Å². The minimum Gasteiger partial charge on any atom is -0.501 e. The molecular formula is C8H9BrN2O3. The molecule has 0 radical (unpaired) electrons. The van der Waals surface area contributed by atoms with Gasteiger partial charge in [0.25, 0.3) is 0 Å². The fourth-order valence-corrected chi connectivity index (χ4v) is 1.59. The van der Waals surface area contributed by atoms with Crippen LogP contribution >= 0.6 is 15.9 Å². The van der Waals surface area contributed by atoms with E-state index in [1.807, 2.05) is 0 Å². The quantitative estimate of drug-likeness (QED) is 0.638. The van der Waals surface area contributed by atoms with Crippen LogP contribution in [0.5, 0.6) is 5.75 Å². The van der Waals surface area contributed by atoms with Crippen molar-refractivity contribution in [3.8, 4) is 5.75 Å². The Morgan fingerprint density at radius 3 is 2.71 bits per heavy atom. The van der Waals surface area contributed by atoms with Crippen LogP contribution in [-0.2, 0) is 6.42 Å². The number of halogens is 1. The Morgan fingerprint density at radius 2 is 2.21 bits per heavy atom. The maximum Gasteiger partial charge on any atom is 0.312 e. The van der Waals surface area contributed by atoms with Crippen LogP contribution in [0.15, 0.2) is 16.6 Å². The summed E-state index contributed by atoms with van der Waals surface area (Å²) >= 11 is 3.04. The van der Waals surface area contributed by atoms with E-state index in [1.165, 1.54) is 6.07 Å². The Balaban J connectivity index is 3.21. The number of nitro benzene ring substituents is 1. The smallest absolute Gasteiger partial charge is 0.312 e. The highest BCUT2D eigenvalue weighted by Gasteiger charge is 2.17. The first-order chi connectivity index (χ1) is 6.56. The number of hydrogen-bond donors (Lipinski definition) is 2. The van der Waals surface area contributed by atoms with Gasteiger partial charge < -0.3 is 10.8 Å². The van der Waals surface area contributed by atoms with Crippen LogP contribution in [-0.4, -0.2) is 16.6 Å². The number of hydrogen-bond acceptors (Lipinski definition) is 4. The Morgan fingerprint density at radius 1 is 1.57 bits per heavy atom. The average Bonchev–Trinajstić information content (AvgIpc) is 2.11. The third-order valence-electron chi connectivity index (χ3n) is 1.73. The van der Waals surface area contributed by atoms with Crippen LogP contribution in [0, 0.1) is 10.1 Å². The molecule has 14 heavy (non-hydrogen) atoms. The minimum atomic E-state index is -0.625. The summed E-state index contributed by atoms with van der Waals surface area (Å²) in [6.07, 6.45) is 0.541. The number of benzene rings is 1. The Labute approximate surface area is 88.8 Å². The number of nitrogens with two attached hydrogens (primary N) is 1. The third kappa shape index (κ3) is 2.21. The summed E-state index contributed by atoms with van der Waals surface area (Å²) in [5.41, 5.74) is 5.75. The summed E-state index contributed by atoms with van der Waals surface area (Å²) in [6.45, 7) is 0.411. The molecule has 0 atom stereocenters. The SMILES string of the molecule is NCCc1cc(Br)c(O)c([N+](=O)[O-])c1. The van der Waals surface area contributed by atoms with Crippen LogP contribution in [0.4, 0.5) is 5.69 Å². The molecule has 1 aromatic rings. The zero-order valence-electron chi connectivity index (χ0n) is 7.24. The summed E-state index contributed by atoms with van der Waals surface area (Å²) in [5, 5.41) is 19.9. The molecule has 0 aliphatic heterocycles. The van der Waals surface area contributed by atoms with Gasteiger partial charge >= 0.3 is 5.69 Å². The molecule has 0 aromatic heterocycles. The molecule has 1 rings (SSSR count). The molecule has 6 heteroatoms. The first-order valence-electron chi connectivity index (χ1n) is 3.92. The van der Waals surface area contributed by atoms with E-state index in [4.69, 9.17) is 5.73 Å². The lowest BCUT2D eigenvalue weighted by Gasteiger charge is -2.03. The average molecular weight is 261 g/mol. The predicted molar refractivity (Wildman–Crippen MR) is 55.2 cm³/mol. The van der Waals surface area contributed by atoms with E-state index in [9.17, 15) is 15.2 Å². The molecule has 0 aliphatic carbocycles. The molecule has 5 nitrogen and oxygen atoms in total.